The van der Waals surface area contributed by atoms with Gasteiger partial charge in [0, 0.05) is 25.7 Å². The molecule has 27 heavy (non-hydrogen) atoms. The van der Waals surface area contributed by atoms with Gasteiger partial charge in [-0.1, -0.05) is 18.2 Å². The maximum absolute atomic E-state index is 12.7. The van der Waals surface area contributed by atoms with Crippen molar-refractivity contribution in [3.63, 3.8) is 0 Å². The molecule has 1 unspecified atom stereocenters. The Labute approximate surface area is 156 Å². The van der Waals surface area contributed by atoms with Crippen molar-refractivity contribution in [3.05, 3.63) is 48.2 Å². The van der Waals surface area contributed by atoms with Gasteiger partial charge in [-0.3, -0.25) is 14.5 Å². The molecule has 0 spiro atoms. The predicted molar refractivity (Wildman–Crippen MR) is 96.0 cm³/mol. The van der Waals surface area contributed by atoms with Crippen LogP contribution in [0, 0.1) is 0 Å². The minimum Gasteiger partial charge on any atom is -0.480 e. The topological polar surface area (TPSA) is 92.5 Å². The van der Waals surface area contributed by atoms with Gasteiger partial charge in [-0.05, 0) is 25.2 Å². The third kappa shape index (κ3) is 5.32. The molecule has 0 bridgehead atoms. The lowest BCUT2D eigenvalue weighted by molar-refractivity contribution is -0.138. The summed E-state index contributed by atoms with van der Waals surface area (Å²) in [6.45, 7) is 1.57. The van der Waals surface area contributed by atoms with Gasteiger partial charge in [0.15, 0.2) is 5.76 Å². The molecule has 1 N–H and O–H groups in total. The van der Waals surface area contributed by atoms with Crippen LogP contribution in [0.25, 0.3) is 0 Å². The quantitative estimate of drug-likeness (QED) is 0.791. The maximum Gasteiger partial charge on any atom is 0.317 e. The van der Waals surface area contributed by atoms with Gasteiger partial charge in [0.2, 0.25) is 0 Å². The first kappa shape index (κ1) is 18.9. The molecule has 1 aromatic carbocycles. The van der Waals surface area contributed by atoms with E-state index in [1.807, 2.05) is 18.2 Å². The Hall–Kier alpha value is -2.84. The predicted octanol–water partition coefficient (Wildman–Crippen LogP) is 1.93. The van der Waals surface area contributed by atoms with E-state index in [0.29, 0.717) is 32.0 Å². The molecule has 1 aromatic heterocycles. The minimum absolute atomic E-state index is 0.0772. The molecule has 0 aliphatic carbocycles. The molecule has 1 saturated heterocycles. The molecule has 0 radical (unpaired) electrons. The fraction of sp³-hybridized carbons (Fsp3) is 0.368. The van der Waals surface area contributed by atoms with Crippen molar-refractivity contribution in [1.29, 1.82) is 0 Å². The van der Waals surface area contributed by atoms with E-state index in [1.54, 1.807) is 41.1 Å². The Morgan fingerprint density at radius 1 is 1.26 bits per heavy atom. The number of carbonyl (C=O) groups is 2. The summed E-state index contributed by atoms with van der Waals surface area (Å²) in [4.78, 5) is 26.8. The number of carboxylic acid groups (broad SMARTS) is 1. The van der Waals surface area contributed by atoms with E-state index < -0.39 is 5.97 Å². The molecule has 1 amide bonds. The van der Waals surface area contributed by atoms with Crippen molar-refractivity contribution in [2.75, 3.05) is 39.8 Å². The van der Waals surface area contributed by atoms with E-state index in [9.17, 15) is 9.59 Å². The number of carboxylic acids is 1. The maximum atomic E-state index is 12.7. The van der Waals surface area contributed by atoms with E-state index in [0.717, 1.165) is 0 Å². The van der Waals surface area contributed by atoms with Crippen molar-refractivity contribution in [2.24, 2.45) is 0 Å². The molecular weight excluding hydrogens is 352 g/mol. The Morgan fingerprint density at radius 2 is 2.04 bits per heavy atom. The van der Waals surface area contributed by atoms with E-state index in [2.05, 4.69) is 0 Å². The number of morpholine rings is 1. The number of carbonyl (C=O) groups excluding carboxylic acids is 1. The van der Waals surface area contributed by atoms with Crippen LogP contribution in [0.4, 0.5) is 0 Å². The number of likely N-dealkylation sites (N-methyl/N-ethyl adjacent to an activating group) is 1. The SMILES string of the molecule is CN(CC(=O)O)CC1CN(C(=O)c2ccc(Oc3ccccc3)o2)CCO1. The minimum atomic E-state index is -0.900. The van der Waals surface area contributed by atoms with Crippen molar-refractivity contribution in [3.8, 4) is 11.7 Å². The lowest BCUT2D eigenvalue weighted by Crippen LogP contribution is -2.49. The largest absolute Gasteiger partial charge is 0.480 e. The molecule has 1 atom stereocenters. The third-order valence-corrected chi connectivity index (χ3v) is 4.10. The Bertz CT molecular complexity index is 776. The molecule has 0 saturated carbocycles. The monoisotopic (exact) mass is 374 g/mol. The molecule has 8 nitrogen and oxygen atoms in total. The number of rotatable bonds is 7. The highest BCUT2D eigenvalue weighted by molar-refractivity contribution is 5.91. The molecule has 2 aromatic rings. The van der Waals surface area contributed by atoms with Crippen LogP contribution in [-0.2, 0) is 9.53 Å². The highest BCUT2D eigenvalue weighted by Crippen LogP contribution is 2.24. The molecule has 1 aliphatic rings. The number of hydrogen-bond donors (Lipinski definition) is 1. The fourth-order valence-corrected chi connectivity index (χ4v) is 2.91. The summed E-state index contributed by atoms with van der Waals surface area (Å²) in [6.07, 6.45) is -0.248. The number of benzene rings is 1. The second kappa shape index (κ2) is 8.70. The number of nitrogens with zero attached hydrogens (tertiary/aromatic N) is 2. The number of furan rings is 1. The highest BCUT2D eigenvalue weighted by atomic mass is 16.6. The first-order chi connectivity index (χ1) is 13.0. The zero-order valence-electron chi connectivity index (χ0n) is 15.0. The first-order valence-corrected chi connectivity index (χ1v) is 8.65. The van der Waals surface area contributed by atoms with Crippen molar-refractivity contribution in [2.45, 2.75) is 6.10 Å². The number of ether oxygens (including phenoxy) is 2. The lowest BCUT2D eigenvalue weighted by atomic mass is 10.2. The average Bonchev–Trinajstić information content (AvgIpc) is 3.10. The van der Waals surface area contributed by atoms with Crippen molar-refractivity contribution < 1.29 is 28.6 Å². The van der Waals surface area contributed by atoms with Crippen LogP contribution in [0.15, 0.2) is 46.9 Å². The van der Waals surface area contributed by atoms with Crippen LogP contribution in [-0.4, -0.2) is 72.7 Å². The zero-order chi connectivity index (χ0) is 19.2. The third-order valence-electron chi connectivity index (χ3n) is 4.10. The van der Waals surface area contributed by atoms with Crippen LogP contribution >= 0.6 is 0 Å². The summed E-state index contributed by atoms with van der Waals surface area (Å²) in [6, 6.07) is 12.4. The normalized spacial score (nSPS) is 17.1. The van der Waals surface area contributed by atoms with E-state index in [-0.39, 0.29) is 30.3 Å². The van der Waals surface area contributed by atoms with Crippen LogP contribution in [0.1, 0.15) is 10.6 Å². The summed E-state index contributed by atoms with van der Waals surface area (Å²) in [5, 5.41) is 8.84. The summed E-state index contributed by atoms with van der Waals surface area (Å²) in [5.74, 6) is -0.0790. The Balaban J connectivity index is 1.58. The standard InChI is InChI=1S/C19H22N2O6/c1-20(13-17(22)23)11-15-12-21(9-10-25-15)19(24)16-7-8-18(27-16)26-14-5-3-2-4-6-14/h2-8,15H,9-13H2,1H3,(H,22,23). The molecular formula is C19H22N2O6. The van der Waals surface area contributed by atoms with Gasteiger partial charge < -0.3 is 23.9 Å². The van der Waals surface area contributed by atoms with Crippen LogP contribution in [0.5, 0.6) is 11.7 Å². The van der Waals surface area contributed by atoms with E-state index in [4.69, 9.17) is 19.0 Å². The van der Waals surface area contributed by atoms with Gasteiger partial charge in [-0.15, -0.1) is 0 Å². The van der Waals surface area contributed by atoms with Crippen LogP contribution in [0.2, 0.25) is 0 Å². The number of hydrogen-bond acceptors (Lipinski definition) is 6. The number of aliphatic carboxylic acids is 1. The number of para-hydroxylation sites is 1. The lowest BCUT2D eigenvalue weighted by Gasteiger charge is -2.34. The van der Waals surface area contributed by atoms with Gasteiger partial charge in [-0.2, -0.15) is 0 Å². The fourth-order valence-electron chi connectivity index (χ4n) is 2.91. The van der Waals surface area contributed by atoms with Crippen LogP contribution in [0.3, 0.4) is 0 Å². The molecule has 3 rings (SSSR count). The van der Waals surface area contributed by atoms with Gasteiger partial charge in [0.1, 0.15) is 5.75 Å². The van der Waals surface area contributed by atoms with E-state index in [1.165, 1.54) is 0 Å². The second-order valence-corrected chi connectivity index (χ2v) is 6.37. The summed E-state index contributed by atoms with van der Waals surface area (Å²) in [5.41, 5.74) is 0. The molecule has 1 aliphatic heterocycles. The van der Waals surface area contributed by atoms with Gasteiger partial charge in [0.05, 0.1) is 19.3 Å². The van der Waals surface area contributed by atoms with Gasteiger partial charge in [-0.25, -0.2) is 0 Å². The van der Waals surface area contributed by atoms with Gasteiger partial charge >= 0.3 is 5.97 Å². The molecule has 144 valence electrons. The smallest absolute Gasteiger partial charge is 0.317 e. The average molecular weight is 374 g/mol. The Morgan fingerprint density at radius 3 is 2.78 bits per heavy atom. The van der Waals surface area contributed by atoms with Gasteiger partial charge in [0.25, 0.3) is 11.9 Å². The molecule has 2 heterocycles. The summed E-state index contributed by atoms with van der Waals surface area (Å²) >= 11 is 0. The van der Waals surface area contributed by atoms with Crippen molar-refractivity contribution in [1.82, 2.24) is 9.80 Å². The molecule has 1 fully saturated rings. The Kier molecular flexibility index (Phi) is 6.10. The van der Waals surface area contributed by atoms with Crippen LogP contribution < -0.4 is 4.74 Å². The number of amides is 1. The zero-order valence-corrected chi connectivity index (χ0v) is 15.0. The highest BCUT2D eigenvalue weighted by Gasteiger charge is 2.28. The summed E-state index contributed by atoms with van der Waals surface area (Å²) < 4.78 is 16.8. The first-order valence-electron chi connectivity index (χ1n) is 8.65. The summed E-state index contributed by atoms with van der Waals surface area (Å²) in [7, 11) is 1.71. The molecule has 8 heteroatoms. The van der Waals surface area contributed by atoms with Crippen molar-refractivity contribution >= 4 is 11.9 Å². The van der Waals surface area contributed by atoms with E-state index >= 15 is 0 Å². The second-order valence-electron chi connectivity index (χ2n) is 6.37.